The zero-order valence-electron chi connectivity index (χ0n) is 17.4. The first-order chi connectivity index (χ1) is 14.5. The van der Waals surface area contributed by atoms with Gasteiger partial charge in [-0.2, -0.15) is 0 Å². The van der Waals surface area contributed by atoms with Gasteiger partial charge in [0.1, 0.15) is 17.1 Å². The fourth-order valence-corrected chi connectivity index (χ4v) is 4.18. The summed E-state index contributed by atoms with van der Waals surface area (Å²) in [5.74, 6) is 0.422. The summed E-state index contributed by atoms with van der Waals surface area (Å²) >= 11 is 3.52. The van der Waals surface area contributed by atoms with Crippen LogP contribution in [0.15, 0.2) is 45.5 Å². The normalized spacial score (nSPS) is 17.2. The van der Waals surface area contributed by atoms with Crippen molar-refractivity contribution in [2.75, 3.05) is 25.0 Å². The van der Waals surface area contributed by atoms with Crippen molar-refractivity contribution < 1.29 is 9.21 Å². The number of anilines is 2. The van der Waals surface area contributed by atoms with E-state index in [0.717, 1.165) is 34.2 Å². The molecule has 0 saturated carbocycles. The van der Waals surface area contributed by atoms with Crippen molar-refractivity contribution in [3.63, 3.8) is 0 Å². The van der Waals surface area contributed by atoms with Gasteiger partial charge in [0.15, 0.2) is 0 Å². The van der Waals surface area contributed by atoms with Crippen molar-refractivity contribution in [3.8, 4) is 0 Å². The average molecular weight is 471 g/mol. The van der Waals surface area contributed by atoms with E-state index in [-0.39, 0.29) is 5.91 Å². The Bertz CT molecular complexity index is 1050. The zero-order chi connectivity index (χ0) is 21.1. The quantitative estimate of drug-likeness (QED) is 0.514. The molecule has 158 valence electrons. The first-order valence-electron chi connectivity index (χ1n) is 10.4. The lowest BCUT2D eigenvalue weighted by atomic mass is 10.0. The van der Waals surface area contributed by atoms with Crippen LogP contribution in [0, 0.1) is 6.92 Å². The number of nitrogens with one attached hydrogen (secondary N) is 2. The lowest BCUT2D eigenvalue weighted by Crippen LogP contribution is -2.42. The molecule has 0 radical (unpaired) electrons. The van der Waals surface area contributed by atoms with E-state index in [0.29, 0.717) is 29.7 Å². The van der Waals surface area contributed by atoms with E-state index in [1.165, 1.54) is 19.3 Å². The minimum Gasteiger partial charge on any atom is -0.464 e. The molecule has 1 aliphatic heterocycles. The van der Waals surface area contributed by atoms with Gasteiger partial charge in [-0.25, -0.2) is 4.98 Å². The van der Waals surface area contributed by atoms with Gasteiger partial charge in [0.2, 0.25) is 0 Å². The molecular weight excluding hydrogens is 444 g/mol. The van der Waals surface area contributed by atoms with Gasteiger partial charge in [0, 0.05) is 35.4 Å². The number of carbonyl (C=O) groups is 1. The lowest BCUT2D eigenvalue weighted by Gasteiger charge is -2.33. The maximum atomic E-state index is 12.8. The van der Waals surface area contributed by atoms with Crippen molar-refractivity contribution in [3.05, 3.63) is 52.3 Å². The second kappa shape index (κ2) is 9.18. The number of halogens is 1. The summed E-state index contributed by atoms with van der Waals surface area (Å²) in [7, 11) is 0. The minimum absolute atomic E-state index is 0.187. The third-order valence-corrected chi connectivity index (χ3v) is 6.62. The van der Waals surface area contributed by atoms with E-state index in [1.807, 2.05) is 31.2 Å². The van der Waals surface area contributed by atoms with Gasteiger partial charge in [-0.1, -0.05) is 22.4 Å². The highest BCUT2D eigenvalue weighted by molar-refractivity contribution is 9.10. The Morgan fingerprint density at radius 3 is 2.97 bits per heavy atom. The molecule has 1 aromatic carbocycles. The molecule has 1 fully saturated rings. The Morgan fingerprint density at radius 1 is 1.30 bits per heavy atom. The molecule has 0 unspecified atom stereocenters. The second-order valence-electron chi connectivity index (χ2n) is 7.91. The number of likely N-dealkylation sites (tertiary alicyclic amines) is 1. The lowest BCUT2D eigenvalue weighted by molar-refractivity contribution is 0.0933. The molecule has 2 aromatic heterocycles. The molecular formula is C23H27BrN4O2. The molecule has 0 spiro atoms. The number of piperidine rings is 1. The first kappa shape index (κ1) is 20.9. The van der Waals surface area contributed by atoms with Gasteiger partial charge >= 0.3 is 0 Å². The molecule has 1 saturated heterocycles. The number of amides is 1. The number of benzene rings is 1. The van der Waals surface area contributed by atoms with Crippen LogP contribution in [0.25, 0.3) is 11.0 Å². The molecule has 2 N–H and O–H groups in total. The van der Waals surface area contributed by atoms with Crippen LogP contribution in [-0.4, -0.2) is 41.5 Å². The van der Waals surface area contributed by atoms with Crippen molar-refractivity contribution >= 4 is 44.3 Å². The summed E-state index contributed by atoms with van der Waals surface area (Å²) in [6.07, 6.45) is 5.38. The third kappa shape index (κ3) is 4.68. The number of rotatable bonds is 6. The molecule has 0 bridgehead atoms. The van der Waals surface area contributed by atoms with Crippen LogP contribution >= 0.6 is 15.9 Å². The van der Waals surface area contributed by atoms with E-state index < -0.39 is 0 Å². The largest absolute Gasteiger partial charge is 0.464 e. The zero-order valence-corrected chi connectivity index (χ0v) is 19.0. The van der Waals surface area contributed by atoms with E-state index in [2.05, 4.69) is 43.4 Å². The fraction of sp³-hybridized carbons (Fsp3) is 0.391. The average Bonchev–Trinajstić information content (AvgIpc) is 3.21. The van der Waals surface area contributed by atoms with Crippen LogP contribution in [0.3, 0.4) is 0 Å². The van der Waals surface area contributed by atoms with Gasteiger partial charge in [0.25, 0.3) is 5.91 Å². The summed E-state index contributed by atoms with van der Waals surface area (Å²) in [6.45, 7) is 6.86. The van der Waals surface area contributed by atoms with Crippen LogP contribution in [0.5, 0.6) is 0 Å². The van der Waals surface area contributed by atoms with Crippen LogP contribution < -0.4 is 10.6 Å². The van der Waals surface area contributed by atoms with Crippen LogP contribution in [0.2, 0.25) is 0 Å². The maximum absolute atomic E-state index is 12.8. The van der Waals surface area contributed by atoms with E-state index in [4.69, 9.17) is 4.42 Å². The molecule has 0 aliphatic carbocycles. The standard InChI is InChI=1S/C23H27BrN4O2/c1-15-13-17(6-7-19(15)24)26-22-18-8-12-30-21(18)14-20(27-22)23(29)25-9-11-28-10-4-3-5-16(28)2/h6-8,12-14,16H,3-5,9-11H2,1-2H3,(H,25,29)(H,26,27)/t16-/m1/s1. The minimum atomic E-state index is -0.187. The van der Waals surface area contributed by atoms with E-state index in [1.54, 1.807) is 12.3 Å². The molecule has 3 heterocycles. The number of aryl methyl sites for hydroxylation is 1. The summed E-state index contributed by atoms with van der Waals surface area (Å²) in [5.41, 5.74) is 3.00. The van der Waals surface area contributed by atoms with Crippen molar-refractivity contribution in [2.45, 2.75) is 39.2 Å². The predicted molar refractivity (Wildman–Crippen MR) is 123 cm³/mol. The van der Waals surface area contributed by atoms with Crippen molar-refractivity contribution in [2.24, 2.45) is 0 Å². The summed E-state index contributed by atoms with van der Waals surface area (Å²) in [5, 5.41) is 7.18. The van der Waals surface area contributed by atoms with Crippen molar-refractivity contribution in [1.29, 1.82) is 0 Å². The second-order valence-corrected chi connectivity index (χ2v) is 8.77. The monoisotopic (exact) mass is 470 g/mol. The van der Waals surface area contributed by atoms with Gasteiger partial charge in [-0.15, -0.1) is 0 Å². The highest BCUT2D eigenvalue weighted by Crippen LogP contribution is 2.28. The highest BCUT2D eigenvalue weighted by Gasteiger charge is 2.19. The molecule has 1 amide bonds. The Hall–Kier alpha value is -2.38. The topological polar surface area (TPSA) is 70.4 Å². The molecule has 1 atom stereocenters. The number of hydrogen-bond donors (Lipinski definition) is 2. The maximum Gasteiger partial charge on any atom is 0.270 e. The summed E-state index contributed by atoms with van der Waals surface area (Å²) in [6, 6.07) is 10.1. The molecule has 4 rings (SSSR count). The van der Waals surface area contributed by atoms with Gasteiger partial charge < -0.3 is 15.1 Å². The molecule has 30 heavy (non-hydrogen) atoms. The highest BCUT2D eigenvalue weighted by atomic mass is 79.9. The predicted octanol–water partition coefficient (Wildman–Crippen LogP) is 5.25. The van der Waals surface area contributed by atoms with Crippen LogP contribution in [-0.2, 0) is 0 Å². The number of fused-ring (bicyclic) bond motifs is 1. The Balaban J connectivity index is 1.48. The molecule has 1 aliphatic rings. The smallest absolute Gasteiger partial charge is 0.270 e. The first-order valence-corrected chi connectivity index (χ1v) is 11.2. The van der Waals surface area contributed by atoms with E-state index in [9.17, 15) is 4.79 Å². The number of carbonyl (C=O) groups excluding carboxylic acids is 1. The van der Waals surface area contributed by atoms with Crippen molar-refractivity contribution in [1.82, 2.24) is 15.2 Å². The molecule has 6 nitrogen and oxygen atoms in total. The molecule has 3 aromatic rings. The van der Waals surface area contributed by atoms with Crippen LogP contribution in [0.1, 0.15) is 42.2 Å². The number of furan rings is 1. The SMILES string of the molecule is Cc1cc(Nc2nc(C(=O)NCCN3CCCC[C@H]3C)cc3occc23)ccc1Br. The number of aromatic nitrogens is 1. The number of nitrogens with zero attached hydrogens (tertiary/aromatic N) is 2. The molecule has 7 heteroatoms. The van der Waals surface area contributed by atoms with Gasteiger partial charge in [-0.05, 0) is 63.1 Å². The third-order valence-electron chi connectivity index (χ3n) is 5.73. The Labute approximate surface area is 185 Å². The summed E-state index contributed by atoms with van der Waals surface area (Å²) in [4.78, 5) is 19.8. The van der Waals surface area contributed by atoms with Gasteiger partial charge in [-0.3, -0.25) is 9.69 Å². The fourth-order valence-electron chi connectivity index (χ4n) is 3.93. The number of hydrogen-bond acceptors (Lipinski definition) is 5. The van der Waals surface area contributed by atoms with Gasteiger partial charge in [0.05, 0.1) is 11.6 Å². The number of pyridine rings is 1. The summed E-state index contributed by atoms with van der Waals surface area (Å²) < 4.78 is 6.61. The van der Waals surface area contributed by atoms with Crippen LogP contribution in [0.4, 0.5) is 11.5 Å². The van der Waals surface area contributed by atoms with E-state index >= 15 is 0 Å². The Morgan fingerprint density at radius 2 is 2.17 bits per heavy atom. The Kier molecular flexibility index (Phi) is 6.39.